The summed E-state index contributed by atoms with van der Waals surface area (Å²) in [5.74, 6) is -1.54. The van der Waals surface area contributed by atoms with Crippen LogP contribution in [-0.4, -0.2) is 18.0 Å². The lowest BCUT2D eigenvalue weighted by Crippen LogP contribution is -2.32. The molecule has 3 aromatic rings. The number of ether oxygens (including phenoxy) is 1. The van der Waals surface area contributed by atoms with E-state index in [9.17, 15) is 9.59 Å². The van der Waals surface area contributed by atoms with Gasteiger partial charge in [0.05, 0.1) is 0 Å². The van der Waals surface area contributed by atoms with Crippen LogP contribution in [0.3, 0.4) is 0 Å². The highest BCUT2D eigenvalue weighted by atomic mass is 16.6. The van der Waals surface area contributed by atoms with Crippen LogP contribution in [0.5, 0.6) is 0 Å². The second kappa shape index (κ2) is 5.77. The van der Waals surface area contributed by atoms with Crippen LogP contribution in [0.4, 0.5) is 0 Å². The van der Waals surface area contributed by atoms with E-state index in [1.165, 1.54) is 0 Å². The van der Waals surface area contributed by atoms with Gasteiger partial charge in [-0.3, -0.25) is 4.79 Å². The minimum absolute atomic E-state index is 0.167. The zero-order chi connectivity index (χ0) is 17.6. The number of esters is 1. The van der Waals surface area contributed by atoms with Gasteiger partial charge in [-0.2, -0.15) is 0 Å². The van der Waals surface area contributed by atoms with E-state index in [1.54, 1.807) is 6.07 Å². The van der Waals surface area contributed by atoms with Crippen LogP contribution in [0, 0.1) is 6.92 Å². The van der Waals surface area contributed by atoms with Gasteiger partial charge in [-0.25, -0.2) is 4.79 Å². The molecule has 5 nitrogen and oxygen atoms in total. The lowest BCUT2D eigenvalue weighted by Gasteiger charge is -2.17. The number of primary amides is 1. The molecule has 0 radical (unpaired) electrons. The molecule has 2 unspecified atom stereocenters. The van der Waals surface area contributed by atoms with Crippen molar-refractivity contribution in [3.05, 3.63) is 71.0 Å². The molecule has 1 heterocycles. The molecule has 5 heteroatoms. The molecule has 1 aromatic heterocycles. The first-order valence-electron chi connectivity index (χ1n) is 8.12. The van der Waals surface area contributed by atoms with Crippen molar-refractivity contribution in [3.8, 4) is 0 Å². The average Bonchev–Trinajstić information content (AvgIpc) is 3.13. The van der Waals surface area contributed by atoms with Gasteiger partial charge < -0.3 is 14.9 Å². The molecule has 0 saturated carbocycles. The molecule has 0 spiro atoms. The SMILES string of the molecule is Cc1c(C(=O)OC2Cc3ccccc3C2C(N)=O)oc2ccccc12. The Kier molecular flexibility index (Phi) is 3.57. The number of furan rings is 1. The normalized spacial score (nSPS) is 18.9. The van der Waals surface area contributed by atoms with E-state index in [2.05, 4.69) is 0 Å². The number of amides is 1. The number of fused-ring (bicyclic) bond motifs is 2. The maximum absolute atomic E-state index is 12.6. The van der Waals surface area contributed by atoms with Crippen molar-refractivity contribution in [3.63, 3.8) is 0 Å². The molecule has 4 rings (SSSR count). The van der Waals surface area contributed by atoms with Gasteiger partial charge in [0.2, 0.25) is 11.7 Å². The second-order valence-electron chi connectivity index (χ2n) is 6.28. The van der Waals surface area contributed by atoms with Gasteiger partial charge in [-0.1, -0.05) is 42.5 Å². The van der Waals surface area contributed by atoms with E-state index in [0.29, 0.717) is 12.0 Å². The molecule has 126 valence electrons. The van der Waals surface area contributed by atoms with Gasteiger partial charge in [-0.05, 0) is 24.1 Å². The van der Waals surface area contributed by atoms with Crippen molar-refractivity contribution >= 4 is 22.8 Å². The van der Waals surface area contributed by atoms with Crippen molar-refractivity contribution in [2.24, 2.45) is 5.73 Å². The molecule has 2 aromatic carbocycles. The third kappa shape index (κ3) is 2.48. The largest absolute Gasteiger partial charge is 0.455 e. The molecule has 25 heavy (non-hydrogen) atoms. The fraction of sp³-hybridized carbons (Fsp3) is 0.200. The molecular weight excluding hydrogens is 318 g/mol. The van der Waals surface area contributed by atoms with E-state index < -0.39 is 23.9 Å². The van der Waals surface area contributed by atoms with Gasteiger partial charge in [-0.15, -0.1) is 0 Å². The highest BCUT2D eigenvalue weighted by molar-refractivity contribution is 5.96. The van der Waals surface area contributed by atoms with E-state index >= 15 is 0 Å². The lowest BCUT2D eigenvalue weighted by molar-refractivity contribution is -0.121. The number of hydrogen-bond acceptors (Lipinski definition) is 4. The van der Waals surface area contributed by atoms with Crippen LogP contribution in [0.2, 0.25) is 0 Å². The zero-order valence-corrected chi connectivity index (χ0v) is 13.7. The Balaban J connectivity index is 1.64. The van der Waals surface area contributed by atoms with Crippen molar-refractivity contribution in [1.82, 2.24) is 0 Å². The quantitative estimate of drug-likeness (QED) is 0.746. The van der Waals surface area contributed by atoms with Crippen LogP contribution in [-0.2, 0) is 16.0 Å². The van der Waals surface area contributed by atoms with Crippen molar-refractivity contribution < 1.29 is 18.7 Å². The van der Waals surface area contributed by atoms with Crippen LogP contribution < -0.4 is 5.73 Å². The predicted molar refractivity (Wildman–Crippen MR) is 92.2 cm³/mol. The van der Waals surface area contributed by atoms with Gasteiger partial charge in [0.25, 0.3) is 0 Å². The molecule has 0 aliphatic heterocycles. The average molecular weight is 335 g/mol. The fourth-order valence-corrected chi connectivity index (χ4v) is 3.56. The molecule has 1 aliphatic rings. The van der Waals surface area contributed by atoms with Gasteiger partial charge in [0.15, 0.2) is 0 Å². The van der Waals surface area contributed by atoms with Gasteiger partial charge >= 0.3 is 5.97 Å². The Morgan fingerprint density at radius 3 is 2.60 bits per heavy atom. The number of nitrogens with two attached hydrogens (primary N) is 1. The Morgan fingerprint density at radius 2 is 1.84 bits per heavy atom. The third-order valence-electron chi connectivity index (χ3n) is 4.78. The van der Waals surface area contributed by atoms with Gasteiger partial charge in [0, 0.05) is 17.4 Å². The lowest BCUT2D eigenvalue weighted by atomic mass is 9.99. The van der Waals surface area contributed by atoms with Crippen LogP contribution >= 0.6 is 0 Å². The summed E-state index contributed by atoms with van der Waals surface area (Å²) in [6, 6.07) is 14.9. The number of rotatable bonds is 3. The summed E-state index contributed by atoms with van der Waals surface area (Å²) in [6.45, 7) is 1.82. The number of hydrogen-bond donors (Lipinski definition) is 1. The summed E-state index contributed by atoms with van der Waals surface area (Å²) in [5, 5.41) is 0.871. The van der Waals surface area contributed by atoms with Crippen molar-refractivity contribution in [2.45, 2.75) is 25.4 Å². The monoisotopic (exact) mass is 335 g/mol. The number of carbonyl (C=O) groups is 2. The number of para-hydroxylation sites is 1. The summed E-state index contributed by atoms with van der Waals surface area (Å²) in [7, 11) is 0. The molecule has 2 atom stereocenters. The number of aryl methyl sites for hydroxylation is 1. The molecule has 1 aliphatic carbocycles. The summed E-state index contributed by atoms with van der Waals surface area (Å²) >= 11 is 0. The Bertz CT molecular complexity index is 988. The minimum Gasteiger partial charge on any atom is -0.455 e. The van der Waals surface area contributed by atoms with E-state index in [-0.39, 0.29) is 5.76 Å². The van der Waals surface area contributed by atoms with E-state index in [1.807, 2.05) is 49.4 Å². The predicted octanol–water partition coefficient (Wildman–Crippen LogP) is 3.09. The number of carbonyl (C=O) groups excluding carboxylic acids is 2. The summed E-state index contributed by atoms with van der Waals surface area (Å²) in [5.41, 5.74) is 8.72. The van der Waals surface area contributed by atoms with Crippen LogP contribution in [0.15, 0.2) is 52.9 Å². The first kappa shape index (κ1) is 15.4. The van der Waals surface area contributed by atoms with Crippen molar-refractivity contribution in [1.29, 1.82) is 0 Å². The first-order chi connectivity index (χ1) is 12.1. The molecule has 2 N–H and O–H groups in total. The third-order valence-corrected chi connectivity index (χ3v) is 4.78. The standard InChI is InChI=1S/C20H17NO4/c1-11-13-7-4-5-9-15(13)24-18(11)20(23)25-16-10-12-6-2-3-8-14(12)17(16)19(21)22/h2-9,16-17H,10H2,1H3,(H2,21,22). The molecule has 1 amide bonds. The number of benzene rings is 2. The maximum atomic E-state index is 12.6. The van der Waals surface area contributed by atoms with Crippen molar-refractivity contribution in [2.75, 3.05) is 0 Å². The fourth-order valence-electron chi connectivity index (χ4n) is 3.56. The molecule has 0 fully saturated rings. The smallest absolute Gasteiger partial charge is 0.374 e. The molecular formula is C20H17NO4. The van der Waals surface area contributed by atoms with Crippen LogP contribution in [0.1, 0.15) is 33.2 Å². The highest BCUT2D eigenvalue weighted by Gasteiger charge is 2.39. The Hall–Kier alpha value is -3.08. The topological polar surface area (TPSA) is 82.5 Å². The van der Waals surface area contributed by atoms with E-state index in [4.69, 9.17) is 14.9 Å². The summed E-state index contributed by atoms with van der Waals surface area (Å²) in [6.07, 6.45) is -0.149. The zero-order valence-electron chi connectivity index (χ0n) is 13.7. The maximum Gasteiger partial charge on any atom is 0.374 e. The first-order valence-corrected chi connectivity index (χ1v) is 8.12. The molecule has 0 saturated heterocycles. The molecule has 0 bridgehead atoms. The second-order valence-corrected chi connectivity index (χ2v) is 6.28. The Labute approximate surface area is 144 Å². The van der Waals surface area contributed by atoms with Gasteiger partial charge in [0.1, 0.15) is 17.6 Å². The summed E-state index contributed by atoms with van der Waals surface area (Å²) < 4.78 is 11.3. The minimum atomic E-state index is -0.634. The Morgan fingerprint density at radius 1 is 1.12 bits per heavy atom. The highest BCUT2D eigenvalue weighted by Crippen LogP contribution is 2.36. The van der Waals surface area contributed by atoms with Crippen LogP contribution in [0.25, 0.3) is 11.0 Å². The summed E-state index contributed by atoms with van der Waals surface area (Å²) in [4.78, 5) is 24.6. The van der Waals surface area contributed by atoms with E-state index in [0.717, 1.165) is 22.1 Å².